The summed E-state index contributed by atoms with van der Waals surface area (Å²) in [6.07, 6.45) is 1.61. The molecule has 1 aromatic carbocycles. The lowest BCUT2D eigenvalue weighted by Gasteiger charge is -2.36. The molecule has 0 saturated heterocycles. The van der Waals surface area contributed by atoms with E-state index in [2.05, 4.69) is 69.5 Å². The number of rotatable bonds is 8. The highest BCUT2D eigenvalue weighted by Gasteiger charge is 2.36. The summed E-state index contributed by atoms with van der Waals surface area (Å²) in [6.45, 7) is 15.0. The van der Waals surface area contributed by atoms with Crippen LogP contribution in [-0.4, -0.2) is 40.0 Å². The summed E-state index contributed by atoms with van der Waals surface area (Å²) < 4.78 is 33.2. The molecule has 5 nitrogen and oxygen atoms in total. The van der Waals surface area contributed by atoms with Gasteiger partial charge in [0.15, 0.2) is 8.32 Å². The van der Waals surface area contributed by atoms with Gasteiger partial charge in [0.2, 0.25) is 5.78 Å². The molecule has 0 heterocycles. The van der Waals surface area contributed by atoms with E-state index in [0.717, 1.165) is 16.3 Å². The second kappa shape index (κ2) is 12.7. The van der Waals surface area contributed by atoms with Crippen molar-refractivity contribution in [2.24, 2.45) is 0 Å². The second-order valence-electron chi connectivity index (χ2n) is 9.25. The van der Waals surface area contributed by atoms with Crippen LogP contribution in [0.1, 0.15) is 52.5 Å². The first-order valence-corrected chi connectivity index (χ1v) is 15.3. The predicted molar refractivity (Wildman–Crippen MR) is 136 cm³/mol. The SMILES string of the molecule is CC(=O)C#CCCN(C#CC#CCCCO[Si](C)(C)C(C)(C)C)S(=O)(=O)c1ccc(C)cc1. The van der Waals surface area contributed by atoms with Gasteiger partial charge < -0.3 is 4.43 Å². The third kappa shape index (κ3) is 9.89. The maximum atomic E-state index is 13.0. The van der Waals surface area contributed by atoms with Gasteiger partial charge in [-0.25, -0.2) is 12.7 Å². The highest BCUT2D eigenvalue weighted by molar-refractivity contribution is 7.89. The Bertz CT molecular complexity index is 1100. The Labute approximate surface area is 201 Å². The molecule has 0 unspecified atom stereocenters. The standard InChI is InChI=1S/C26H35NO4SSi/c1-23-16-18-25(19-17-23)32(29,30)27(21-13-11-15-24(2)28)20-12-9-8-10-14-22-31-33(6,7)26(3,4)5/h16-19H,10,13-14,21-22H2,1-7H3. The van der Waals surface area contributed by atoms with E-state index >= 15 is 0 Å². The zero-order chi connectivity index (χ0) is 25.1. The number of hydrogen-bond acceptors (Lipinski definition) is 4. The van der Waals surface area contributed by atoms with E-state index in [0.29, 0.717) is 13.0 Å². The molecule has 7 heteroatoms. The molecule has 0 amide bonds. The Balaban J connectivity index is 2.83. The highest BCUT2D eigenvalue weighted by atomic mass is 32.2. The zero-order valence-electron chi connectivity index (χ0n) is 20.8. The van der Waals surface area contributed by atoms with Crippen molar-refractivity contribution in [1.82, 2.24) is 4.31 Å². The van der Waals surface area contributed by atoms with Crippen LogP contribution in [0.4, 0.5) is 0 Å². The summed E-state index contributed by atoms with van der Waals surface area (Å²) in [6, 6.07) is 9.21. The van der Waals surface area contributed by atoms with Gasteiger partial charge >= 0.3 is 0 Å². The van der Waals surface area contributed by atoms with E-state index in [1.165, 1.54) is 6.92 Å². The van der Waals surface area contributed by atoms with Gasteiger partial charge in [0.25, 0.3) is 10.0 Å². The first-order chi connectivity index (χ1) is 15.3. The minimum Gasteiger partial charge on any atom is -0.417 e. The number of ketones is 1. The van der Waals surface area contributed by atoms with E-state index in [9.17, 15) is 13.2 Å². The quantitative estimate of drug-likeness (QED) is 0.175. The molecule has 1 aromatic rings. The monoisotopic (exact) mass is 485 g/mol. The van der Waals surface area contributed by atoms with E-state index in [4.69, 9.17) is 4.43 Å². The molecule has 178 valence electrons. The number of carbonyl (C=O) groups is 1. The average molecular weight is 486 g/mol. The Hall–Kier alpha value is -2.50. The summed E-state index contributed by atoms with van der Waals surface area (Å²) in [5.41, 5.74) is 0.960. The second-order valence-corrected chi connectivity index (χ2v) is 15.9. The Kier molecular flexibility index (Phi) is 10.9. The average Bonchev–Trinajstić information content (AvgIpc) is 2.70. The zero-order valence-corrected chi connectivity index (χ0v) is 22.6. The summed E-state index contributed by atoms with van der Waals surface area (Å²) in [4.78, 5) is 11.2. The number of sulfonamides is 1. The molecule has 33 heavy (non-hydrogen) atoms. The van der Waals surface area contributed by atoms with Crippen LogP contribution in [0.2, 0.25) is 18.1 Å². The molecule has 0 fully saturated rings. The minimum atomic E-state index is -3.83. The van der Waals surface area contributed by atoms with Gasteiger partial charge in [0.1, 0.15) is 0 Å². The number of hydrogen-bond donors (Lipinski definition) is 0. The molecular formula is C26H35NO4SSi. The largest absolute Gasteiger partial charge is 0.417 e. The highest BCUT2D eigenvalue weighted by Crippen LogP contribution is 2.36. The van der Waals surface area contributed by atoms with Crippen LogP contribution in [0.5, 0.6) is 0 Å². The molecule has 0 atom stereocenters. The van der Waals surface area contributed by atoms with Gasteiger partial charge in [0, 0.05) is 38.3 Å². The van der Waals surface area contributed by atoms with Crippen LogP contribution in [-0.2, 0) is 19.2 Å². The number of nitrogens with zero attached hydrogens (tertiary/aromatic N) is 1. The number of Topliss-reactive ketones (excluding diaryl/α,β-unsaturated/α-hetero) is 1. The summed E-state index contributed by atoms with van der Waals surface area (Å²) in [7, 11) is -5.58. The molecule has 0 aromatic heterocycles. The van der Waals surface area contributed by atoms with Crippen molar-refractivity contribution in [2.75, 3.05) is 13.2 Å². The normalized spacial score (nSPS) is 11.2. The Morgan fingerprint density at radius 1 is 1.06 bits per heavy atom. The lowest BCUT2D eigenvalue weighted by molar-refractivity contribution is -0.111. The number of carbonyl (C=O) groups excluding carboxylic acids is 1. The smallest absolute Gasteiger partial charge is 0.271 e. The van der Waals surface area contributed by atoms with Crippen molar-refractivity contribution in [3.8, 4) is 35.6 Å². The summed E-state index contributed by atoms with van der Waals surface area (Å²) in [5, 5.41) is 0.172. The van der Waals surface area contributed by atoms with Crippen LogP contribution >= 0.6 is 0 Å². The van der Waals surface area contributed by atoms with Crippen LogP contribution in [0.15, 0.2) is 29.2 Å². The van der Waals surface area contributed by atoms with Gasteiger partial charge in [-0.05, 0) is 55.5 Å². The fourth-order valence-electron chi connectivity index (χ4n) is 2.32. The molecule has 0 aliphatic heterocycles. The number of benzene rings is 1. The van der Waals surface area contributed by atoms with Gasteiger partial charge in [-0.15, -0.1) is 0 Å². The van der Waals surface area contributed by atoms with E-state index < -0.39 is 18.3 Å². The van der Waals surface area contributed by atoms with Gasteiger partial charge in [-0.1, -0.05) is 50.3 Å². The minimum absolute atomic E-state index is 0.0471. The van der Waals surface area contributed by atoms with Crippen molar-refractivity contribution in [3.63, 3.8) is 0 Å². The lowest BCUT2D eigenvalue weighted by Crippen LogP contribution is -2.40. The third-order valence-corrected chi connectivity index (χ3v) is 11.6. The van der Waals surface area contributed by atoms with Crippen LogP contribution in [0.3, 0.4) is 0 Å². The molecule has 0 bridgehead atoms. The fourth-order valence-corrected chi connectivity index (χ4v) is 4.64. The Morgan fingerprint density at radius 2 is 1.70 bits per heavy atom. The first-order valence-electron chi connectivity index (χ1n) is 11.0. The van der Waals surface area contributed by atoms with Gasteiger partial charge in [0.05, 0.1) is 11.4 Å². The molecular weight excluding hydrogens is 450 g/mol. The maximum Gasteiger partial charge on any atom is 0.271 e. The van der Waals surface area contributed by atoms with Crippen LogP contribution in [0, 0.1) is 42.6 Å². The van der Waals surface area contributed by atoms with Crippen molar-refractivity contribution in [3.05, 3.63) is 29.8 Å². The van der Waals surface area contributed by atoms with Crippen molar-refractivity contribution >= 4 is 24.1 Å². The molecule has 0 aliphatic carbocycles. The van der Waals surface area contributed by atoms with Crippen LogP contribution in [0.25, 0.3) is 0 Å². The number of aryl methyl sites for hydroxylation is 1. The first kappa shape index (κ1) is 28.5. The summed E-state index contributed by atoms with van der Waals surface area (Å²) in [5.74, 6) is 13.2. The third-order valence-electron chi connectivity index (χ3n) is 5.36. The predicted octanol–water partition coefficient (Wildman–Crippen LogP) is 4.73. The summed E-state index contributed by atoms with van der Waals surface area (Å²) >= 11 is 0. The number of unbranched alkanes of at least 4 members (excludes halogenated alkanes) is 1. The van der Waals surface area contributed by atoms with Crippen molar-refractivity contribution < 1.29 is 17.6 Å². The topological polar surface area (TPSA) is 63.7 Å². The van der Waals surface area contributed by atoms with E-state index in [-0.39, 0.29) is 28.7 Å². The lowest BCUT2D eigenvalue weighted by atomic mass is 10.2. The molecule has 0 N–H and O–H groups in total. The fraction of sp³-hybridized carbons (Fsp3) is 0.500. The molecule has 0 spiro atoms. The Morgan fingerprint density at radius 3 is 2.27 bits per heavy atom. The van der Waals surface area contributed by atoms with Gasteiger partial charge in [-0.2, -0.15) is 0 Å². The van der Waals surface area contributed by atoms with Crippen LogP contribution < -0.4 is 0 Å². The molecule has 0 aliphatic rings. The molecule has 0 saturated carbocycles. The molecule has 1 rings (SSSR count). The van der Waals surface area contributed by atoms with Gasteiger partial charge in [-0.3, -0.25) is 4.79 Å². The maximum absolute atomic E-state index is 13.0. The van der Waals surface area contributed by atoms with E-state index in [1.54, 1.807) is 24.3 Å². The van der Waals surface area contributed by atoms with E-state index in [1.807, 2.05) is 6.92 Å². The van der Waals surface area contributed by atoms with Crippen molar-refractivity contribution in [1.29, 1.82) is 0 Å². The van der Waals surface area contributed by atoms with Crippen molar-refractivity contribution in [2.45, 2.75) is 76.9 Å². The molecule has 0 radical (unpaired) electrons.